The number of fused-ring (bicyclic) bond motifs is 3. The number of aliphatic carboxylic acids is 1. The molecule has 0 saturated heterocycles. The summed E-state index contributed by atoms with van der Waals surface area (Å²) in [6.07, 6.45) is 3.44. The lowest BCUT2D eigenvalue weighted by Gasteiger charge is -2.31. The molecule has 5 rings (SSSR count). The van der Waals surface area contributed by atoms with Crippen molar-refractivity contribution in [1.82, 2.24) is 0 Å². The Bertz CT molecular complexity index is 1560. The first kappa shape index (κ1) is 24.5. The second-order valence-electron chi connectivity index (χ2n) is 9.32. The van der Waals surface area contributed by atoms with Crippen molar-refractivity contribution in [1.29, 1.82) is 0 Å². The van der Waals surface area contributed by atoms with Crippen molar-refractivity contribution in [2.45, 2.75) is 32.1 Å². The lowest BCUT2D eigenvalue weighted by Crippen LogP contribution is -2.23. The molecule has 1 N–H and O–H groups in total. The minimum atomic E-state index is -1.20. The molecule has 0 aliphatic heterocycles. The minimum Gasteiger partial charge on any atom is -0.486 e. The van der Waals surface area contributed by atoms with Crippen LogP contribution in [0.4, 0.5) is 11.4 Å². The van der Waals surface area contributed by atoms with Crippen LogP contribution in [0.2, 0.25) is 0 Å². The van der Waals surface area contributed by atoms with Crippen LogP contribution in [-0.2, 0) is 10.2 Å². The standard InChI is InChI=1S/C32H28N2O2S/c1-5-32(6-2)27-18-21(30-17-14-24(37-30)20-29(33-3)31(35)36)12-15-25(27)26-16-13-23(19-28(26)32)34(4)22-10-8-7-9-11-22/h7-20H,5-6H2,1-2,4H3,(H,35,36)/b29-20-. The van der Waals surface area contributed by atoms with Gasteiger partial charge in [-0.2, -0.15) is 0 Å². The molecule has 4 nitrogen and oxygen atoms in total. The molecule has 1 heterocycles. The molecule has 5 heteroatoms. The van der Waals surface area contributed by atoms with Crippen LogP contribution in [0, 0.1) is 6.57 Å². The molecule has 0 fully saturated rings. The predicted molar refractivity (Wildman–Crippen MR) is 153 cm³/mol. The number of para-hydroxylation sites is 1. The topological polar surface area (TPSA) is 44.9 Å². The van der Waals surface area contributed by atoms with Crippen molar-refractivity contribution in [2.24, 2.45) is 0 Å². The van der Waals surface area contributed by atoms with Crippen molar-refractivity contribution in [3.8, 4) is 21.6 Å². The number of carboxylic acids is 1. The van der Waals surface area contributed by atoms with Gasteiger partial charge in [-0.25, -0.2) is 4.85 Å². The highest BCUT2D eigenvalue weighted by Gasteiger charge is 2.41. The number of hydrogen-bond donors (Lipinski definition) is 1. The second kappa shape index (κ2) is 9.72. The summed E-state index contributed by atoms with van der Waals surface area (Å²) < 4.78 is 0. The number of rotatable bonds is 7. The Balaban J connectivity index is 1.57. The van der Waals surface area contributed by atoms with Gasteiger partial charge in [0.05, 0.1) is 6.57 Å². The van der Waals surface area contributed by atoms with Crippen LogP contribution in [0.5, 0.6) is 0 Å². The van der Waals surface area contributed by atoms with Crippen molar-refractivity contribution in [3.63, 3.8) is 0 Å². The summed E-state index contributed by atoms with van der Waals surface area (Å²) in [6.45, 7) is 11.7. The Labute approximate surface area is 222 Å². The van der Waals surface area contributed by atoms with Crippen molar-refractivity contribution < 1.29 is 9.90 Å². The highest BCUT2D eigenvalue weighted by Crippen LogP contribution is 2.54. The quantitative estimate of drug-likeness (QED) is 0.202. The van der Waals surface area contributed by atoms with Gasteiger partial charge in [-0.15, -0.1) is 11.3 Å². The molecule has 0 amide bonds. The highest BCUT2D eigenvalue weighted by atomic mass is 32.1. The van der Waals surface area contributed by atoms with Crippen LogP contribution in [0.25, 0.3) is 32.5 Å². The molecule has 1 aromatic heterocycles. The number of thiophene rings is 1. The lowest BCUT2D eigenvalue weighted by molar-refractivity contribution is -0.132. The van der Waals surface area contributed by atoms with Gasteiger partial charge in [-0.05, 0) is 89.2 Å². The van der Waals surface area contributed by atoms with E-state index >= 15 is 0 Å². The van der Waals surface area contributed by atoms with Gasteiger partial charge in [0.1, 0.15) is 0 Å². The molecule has 37 heavy (non-hydrogen) atoms. The van der Waals surface area contributed by atoms with Crippen molar-refractivity contribution in [3.05, 3.63) is 112 Å². The Morgan fingerprint density at radius 3 is 2.27 bits per heavy atom. The Morgan fingerprint density at radius 2 is 1.62 bits per heavy atom. The number of hydrogen-bond acceptors (Lipinski definition) is 3. The molecular weight excluding hydrogens is 476 g/mol. The first-order valence-corrected chi connectivity index (χ1v) is 13.2. The molecule has 0 unspecified atom stereocenters. The molecule has 0 bridgehead atoms. The summed E-state index contributed by atoms with van der Waals surface area (Å²) in [5.41, 5.74) is 8.41. The number of carbonyl (C=O) groups is 1. The van der Waals surface area contributed by atoms with E-state index in [1.165, 1.54) is 45.4 Å². The fourth-order valence-corrected chi connectivity index (χ4v) is 6.46. The summed E-state index contributed by atoms with van der Waals surface area (Å²) in [6, 6.07) is 27.9. The summed E-state index contributed by atoms with van der Waals surface area (Å²) in [5, 5.41) is 9.20. The number of carboxylic acid groups (broad SMARTS) is 1. The van der Waals surface area contributed by atoms with Gasteiger partial charge in [0, 0.05) is 33.6 Å². The second-order valence-corrected chi connectivity index (χ2v) is 10.4. The van der Waals surface area contributed by atoms with Crippen LogP contribution >= 0.6 is 11.3 Å². The zero-order chi connectivity index (χ0) is 26.2. The van der Waals surface area contributed by atoms with Gasteiger partial charge < -0.3 is 10.0 Å². The van der Waals surface area contributed by atoms with E-state index in [1.54, 1.807) is 0 Å². The summed E-state index contributed by atoms with van der Waals surface area (Å²) in [5.74, 6) is -1.20. The predicted octanol–water partition coefficient (Wildman–Crippen LogP) is 8.61. The SMILES string of the molecule is [C-]#[N+]/C(=C\c1ccc(-c2ccc3c(c2)C(CC)(CC)c2cc(N(C)c4ccccc4)ccc2-3)s1)C(=O)O. The first-order chi connectivity index (χ1) is 17.9. The smallest absolute Gasteiger partial charge is 0.333 e. The fraction of sp³-hybridized carbons (Fsp3) is 0.188. The Kier molecular flexibility index (Phi) is 6.45. The van der Waals surface area contributed by atoms with Crippen molar-refractivity contribution in [2.75, 3.05) is 11.9 Å². The van der Waals surface area contributed by atoms with E-state index in [-0.39, 0.29) is 11.1 Å². The third-order valence-electron chi connectivity index (χ3n) is 7.61. The van der Waals surface area contributed by atoms with Gasteiger partial charge in [0.2, 0.25) is 0 Å². The van der Waals surface area contributed by atoms with Crippen LogP contribution in [0.15, 0.2) is 84.6 Å². The number of anilines is 2. The average molecular weight is 505 g/mol. The summed E-state index contributed by atoms with van der Waals surface area (Å²) in [7, 11) is 2.11. The van der Waals surface area contributed by atoms with Crippen LogP contribution < -0.4 is 4.90 Å². The highest BCUT2D eigenvalue weighted by molar-refractivity contribution is 7.16. The fourth-order valence-electron chi connectivity index (χ4n) is 5.52. The molecule has 0 radical (unpaired) electrons. The van der Waals surface area contributed by atoms with Crippen LogP contribution in [-0.4, -0.2) is 18.1 Å². The normalized spacial score (nSPS) is 13.5. The maximum Gasteiger partial charge on any atom is 0.333 e. The molecule has 184 valence electrons. The molecule has 1 aliphatic rings. The van der Waals surface area contributed by atoms with Crippen LogP contribution in [0.1, 0.15) is 42.7 Å². The van der Waals surface area contributed by atoms with Crippen molar-refractivity contribution >= 4 is 34.8 Å². The van der Waals surface area contributed by atoms with E-state index in [9.17, 15) is 9.90 Å². The van der Waals surface area contributed by atoms with Gasteiger partial charge in [-0.3, -0.25) is 4.79 Å². The van der Waals surface area contributed by atoms with Gasteiger partial charge in [0.15, 0.2) is 0 Å². The van der Waals surface area contributed by atoms with E-state index in [2.05, 4.69) is 91.3 Å². The average Bonchev–Trinajstić information content (AvgIpc) is 3.51. The zero-order valence-electron chi connectivity index (χ0n) is 21.2. The van der Waals surface area contributed by atoms with Crippen LogP contribution in [0.3, 0.4) is 0 Å². The first-order valence-electron chi connectivity index (χ1n) is 12.4. The Hall–Kier alpha value is -4.14. The number of nitrogens with zero attached hydrogens (tertiary/aromatic N) is 2. The number of benzene rings is 3. The van der Waals surface area contributed by atoms with E-state index in [0.717, 1.165) is 33.8 Å². The third-order valence-corrected chi connectivity index (χ3v) is 8.69. The van der Waals surface area contributed by atoms with E-state index in [1.807, 2.05) is 18.2 Å². The molecule has 0 saturated carbocycles. The molecular formula is C32H28N2O2S. The summed E-state index contributed by atoms with van der Waals surface area (Å²) >= 11 is 1.51. The van der Waals surface area contributed by atoms with E-state index in [4.69, 9.17) is 6.57 Å². The Morgan fingerprint density at radius 1 is 0.946 bits per heavy atom. The molecule has 0 spiro atoms. The largest absolute Gasteiger partial charge is 0.486 e. The molecule has 4 aromatic rings. The third kappa shape index (κ3) is 4.14. The lowest BCUT2D eigenvalue weighted by atomic mass is 9.73. The van der Waals surface area contributed by atoms with Gasteiger partial charge in [0.25, 0.3) is 5.70 Å². The molecule has 3 aromatic carbocycles. The maximum absolute atomic E-state index is 11.3. The maximum atomic E-state index is 11.3. The monoisotopic (exact) mass is 504 g/mol. The molecule has 0 atom stereocenters. The van der Waals surface area contributed by atoms with Gasteiger partial charge in [-0.1, -0.05) is 50.2 Å². The minimum absolute atomic E-state index is 0.0746. The summed E-state index contributed by atoms with van der Waals surface area (Å²) in [4.78, 5) is 18.4. The zero-order valence-corrected chi connectivity index (χ0v) is 22.0. The van der Waals surface area contributed by atoms with E-state index in [0.29, 0.717) is 0 Å². The van der Waals surface area contributed by atoms with E-state index < -0.39 is 5.97 Å². The van der Waals surface area contributed by atoms with Gasteiger partial charge >= 0.3 is 5.97 Å². The molecule has 1 aliphatic carbocycles.